The highest BCUT2D eigenvalue weighted by atomic mass is 16.5. The Labute approximate surface area is 143 Å². The third-order valence-electron chi connectivity index (χ3n) is 4.75. The molecule has 1 amide bonds. The van der Waals surface area contributed by atoms with Crippen LogP contribution in [0.25, 0.3) is 0 Å². The lowest BCUT2D eigenvalue weighted by Gasteiger charge is -2.40. The fourth-order valence-corrected chi connectivity index (χ4v) is 3.43. The molecule has 0 saturated carbocycles. The van der Waals surface area contributed by atoms with E-state index >= 15 is 0 Å². The van der Waals surface area contributed by atoms with Crippen LogP contribution in [0.5, 0.6) is 11.5 Å². The van der Waals surface area contributed by atoms with E-state index in [9.17, 15) is 9.90 Å². The topological polar surface area (TPSA) is 85.0 Å². The summed E-state index contributed by atoms with van der Waals surface area (Å²) in [4.78, 5) is 14.9. The number of carbonyl (C=O) groups excluding carboxylic acids is 1. The molecule has 1 saturated heterocycles. The summed E-state index contributed by atoms with van der Waals surface area (Å²) in [5.74, 6) is 0.133. The molecule has 2 rings (SSSR count). The van der Waals surface area contributed by atoms with Crippen LogP contribution in [-0.4, -0.2) is 48.8 Å². The Morgan fingerprint density at radius 3 is 2.88 bits per heavy atom. The largest absolute Gasteiger partial charge is 0.504 e. The van der Waals surface area contributed by atoms with Gasteiger partial charge in [-0.2, -0.15) is 0 Å². The number of ether oxygens (including phenoxy) is 2. The van der Waals surface area contributed by atoms with Crippen LogP contribution < -0.4 is 10.5 Å². The van der Waals surface area contributed by atoms with Crippen molar-refractivity contribution in [2.75, 3.05) is 32.6 Å². The van der Waals surface area contributed by atoms with Crippen LogP contribution in [0.3, 0.4) is 0 Å². The number of hydrogen-bond donors (Lipinski definition) is 2. The van der Waals surface area contributed by atoms with Crippen molar-refractivity contribution < 1.29 is 19.4 Å². The van der Waals surface area contributed by atoms with Crippen LogP contribution in [0.1, 0.15) is 43.5 Å². The number of nitrogens with two attached hydrogens (primary N) is 1. The van der Waals surface area contributed by atoms with Crippen LogP contribution in [0.2, 0.25) is 0 Å². The molecule has 6 heteroatoms. The summed E-state index contributed by atoms with van der Waals surface area (Å²) >= 11 is 0. The van der Waals surface area contributed by atoms with Gasteiger partial charge in [0.15, 0.2) is 11.5 Å². The molecule has 1 aliphatic rings. The average molecular weight is 336 g/mol. The predicted molar refractivity (Wildman–Crippen MR) is 93.4 cm³/mol. The van der Waals surface area contributed by atoms with Crippen molar-refractivity contribution in [3.63, 3.8) is 0 Å². The van der Waals surface area contributed by atoms with Crippen LogP contribution in [0.4, 0.5) is 5.69 Å². The molecule has 1 fully saturated rings. The molecule has 1 aromatic rings. The molecule has 0 radical (unpaired) electrons. The van der Waals surface area contributed by atoms with Crippen molar-refractivity contribution in [1.82, 2.24) is 4.90 Å². The number of rotatable bonds is 6. The van der Waals surface area contributed by atoms with Crippen molar-refractivity contribution in [3.05, 3.63) is 17.7 Å². The van der Waals surface area contributed by atoms with Crippen LogP contribution >= 0.6 is 0 Å². The molecule has 2 atom stereocenters. The highest BCUT2D eigenvalue weighted by molar-refractivity contribution is 5.98. The van der Waals surface area contributed by atoms with Crippen LogP contribution in [0.15, 0.2) is 12.1 Å². The lowest BCUT2D eigenvalue weighted by molar-refractivity contribution is -0.0224. The minimum absolute atomic E-state index is 0.0270. The first-order chi connectivity index (χ1) is 11.5. The summed E-state index contributed by atoms with van der Waals surface area (Å²) in [5.41, 5.74) is 6.32. The molecule has 0 aromatic heterocycles. The van der Waals surface area contributed by atoms with Gasteiger partial charge in [-0.05, 0) is 24.5 Å². The second kappa shape index (κ2) is 8.24. The number of methoxy groups -OCH3 is 1. The molecule has 1 aromatic carbocycles. The van der Waals surface area contributed by atoms with Gasteiger partial charge in [0.2, 0.25) is 0 Å². The number of aromatic hydroxyl groups is 1. The molecule has 3 N–H and O–H groups in total. The van der Waals surface area contributed by atoms with E-state index in [1.54, 1.807) is 12.1 Å². The van der Waals surface area contributed by atoms with Crippen molar-refractivity contribution >= 4 is 11.6 Å². The lowest BCUT2D eigenvalue weighted by atomic mass is 9.90. The van der Waals surface area contributed by atoms with Crippen molar-refractivity contribution in [1.29, 1.82) is 0 Å². The Balaban J connectivity index is 2.32. The van der Waals surface area contributed by atoms with E-state index in [0.29, 0.717) is 31.4 Å². The highest BCUT2D eigenvalue weighted by Gasteiger charge is 2.34. The van der Waals surface area contributed by atoms with E-state index < -0.39 is 0 Å². The van der Waals surface area contributed by atoms with Gasteiger partial charge in [0.1, 0.15) is 0 Å². The van der Waals surface area contributed by atoms with Gasteiger partial charge in [0.05, 0.1) is 37.6 Å². The second-order valence-electron chi connectivity index (χ2n) is 6.18. The molecule has 1 aliphatic heterocycles. The Morgan fingerprint density at radius 2 is 2.25 bits per heavy atom. The monoisotopic (exact) mass is 336 g/mol. The van der Waals surface area contributed by atoms with Gasteiger partial charge < -0.3 is 25.2 Å². The maximum atomic E-state index is 13.0. The van der Waals surface area contributed by atoms with Gasteiger partial charge in [0, 0.05) is 6.54 Å². The molecule has 0 aliphatic carbocycles. The van der Waals surface area contributed by atoms with Gasteiger partial charge in [-0.25, -0.2) is 0 Å². The van der Waals surface area contributed by atoms with Crippen LogP contribution in [-0.2, 0) is 4.74 Å². The highest BCUT2D eigenvalue weighted by Crippen LogP contribution is 2.37. The first-order valence-corrected chi connectivity index (χ1v) is 8.59. The molecule has 134 valence electrons. The van der Waals surface area contributed by atoms with Gasteiger partial charge in [0.25, 0.3) is 5.91 Å². The van der Waals surface area contributed by atoms with Gasteiger partial charge >= 0.3 is 0 Å². The minimum atomic E-state index is -0.200. The first-order valence-electron chi connectivity index (χ1n) is 8.59. The minimum Gasteiger partial charge on any atom is -0.504 e. The Morgan fingerprint density at radius 1 is 1.50 bits per heavy atom. The van der Waals surface area contributed by atoms with E-state index in [4.69, 9.17) is 15.2 Å². The molecular weight excluding hydrogens is 308 g/mol. The predicted octanol–water partition coefficient (Wildman–Crippen LogP) is 2.65. The normalized spacial score (nSPS) is 19.1. The van der Waals surface area contributed by atoms with Crippen LogP contribution in [0, 0.1) is 5.92 Å². The Hall–Kier alpha value is -1.95. The summed E-state index contributed by atoms with van der Waals surface area (Å²) in [6.45, 7) is 5.86. The first kappa shape index (κ1) is 18.4. The van der Waals surface area contributed by atoms with Gasteiger partial charge in [-0.1, -0.05) is 26.7 Å². The average Bonchev–Trinajstić information content (AvgIpc) is 2.59. The number of benzene rings is 1. The Bertz CT molecular complexity index is 576. The number of anilines is 1. The number of hydrogen-bond acceptors (Lipinski definition) is 5. The smallest absolute Gasteiger partial charge is 0.258 e. The standard InChI is InChI=1S/C18H28N2O4/c1-4-6-12(5-2)15-11-24-10-9-20(15)18(22)13-7-8-14(19)17(23-3)16(13)21/h7-8,12,15,21H,4-6,9-11,19H2,1-3H3. The number of carbonyl (C=O) groups is 1. The maximum absolute atomic E-state index is 13.0. The van der Waals surface area contributed by atoms with E-state index in [0.717, 1.165) is 19.3 Å². The summed E-state index contributed by atoms with van der Waals surface area (Å²) in [6.07, 6.45) is 3.10. The second-order valence-corrected chi connectivity index (χ2v) is 6.18. The van der Waals surface area contributed by atoms with E-state index in [1.807, 2.05) is 4.90 Å². The van der Waals surface area contributed by atoms with Crippen molar-refractivity contribution in [2.24, 2.45) is 5.92 Å². The number of nitrogen functional groups attached to an aromatic ring is 1. The van der Waals surface area contributed by atoms with Gasteiger partial charge in [-0.15, -0.1) is 0 Å². The van der Waals surface area contributed by atoms with Gasteiger partial charge in [-0.3, -0.25) is 4.79 Å². The molecular formula is C18H28N2O4. The molecule has 2 unspecified atom stereocenters. The summed E-state index contributed by atoms with van der Waals surface area (Å²) < 4.78 is 10.7. The van der Waals surface area contributed by atoms with E-state index in [2.05, 4.69) is 13.8 Å². The quantitative estimate of drug-likeness (QED) is 0.780. The number of nitrogens with zero attached hydrogens (tertiary/aromatic N) is 1. The third kappa shape index (κ3) is 3.59. The van der Waals surface area contributed by atoms with Crippen molar-refractivity contribution in [2.45, 2.75) is 39.2 Å². The molecule has 6 nitrogen and oxygen atoms in total. The maximum Gasteiger partial charge on any atom is 0.258 e. The number of morpholine rings is 1. The number of phenolic OH excluding ortho intramolecular Hbond substituents is 1. The van der Waals surface area contributed by atoms with Crippen molar-refractivity contribution in [3.8, 4) is 11.5 Å². The zero-order valence-electron chi connectivity index (χ0n) is 14.7. The lowest BCUT2D eigenvalue weighted by Crippen LogP contribution is -2.52. The Kier molecular flexibility index (Phi) is 6.31. The fraction of sp³-hybridized carbons (Fsp3) is 0.611. The SMILES string of the molecule is CCCC(CC)C1COCCN1C(=O)c1ccc(N)c(OC)c1O. The summed E-state index contributed by atoms with van der Waals surface area (Å²) in [5, 5.41) is 10.4. The molecule has 0 bridgehead atoms. The number of phenols is 1. The number of amides is 1. The molecule has 0 spiro atoms. The fourth-order valence-electron chi connectivity index (χ4n) is 3.43. The summed E-state index contributed by atoms with van der Waals surface area (Å²) in [7, 11) is 1.42. The zero-order valence-corrected chi connectivity index (χ0v) is 14.7. The zero-order chi connectivity index (χ0) is 17.7. The summed E-state index contributed by atoms with van der Waals surface area (Å²) in [6, 6.07) is 3.17. The van der Waals surface area contributed by atoms with E-state index in [1.165, 1.54) is 7.11 Å². The molecule has 1 heterocycles. The van der Waals surface area contributed by atoms with E-state index in [-0.39, 0.29) is 29.0 Å². The third-order valence-corrected chi connectivity index (χ3v) is 4.75. The molecule has 24 heavy (non-hydrogen) atoms.